The minimum Gasteiger partial charge on any atom is -0.490 e. The summed E-state index contributed by atoms with van der Waals surface area (Å²) in [6, 6.07) is 7.43. The molecule has 2 aromatic rings. The lowest BCUT2D eigenvalue weighted by Gasteiger charge is -2.32. The Morgan fingerprint density at radius 2 is 1.90 bits per heavy atom. The van der Waals surface area contributed by atoms with Crippen LogP contribution in [0.5, 0.6) is 5.75 Å². The van der Waals surface area contributed by atoms with Gasteiger partial charge in [0, 0.05) is 51.6 Å². The van der Waals surface area contributed by atoms with Crippen molar-refractivity contribution in [3.63, 3.8) is 0 Å². The first-order chi connectivity index (χ1) is 13.9. The van der Waals surface area contributed by atoms with Crippen LogP contribution >= 0.6 is 23.2 Å². The molecule has 3 rings (SSSR count). The monoisotopic (exact) mass is 437 g/mol. The van der Waals surface area contributed by atoms with Gasteiger partial charge in [-0.2, -0.15) is 4.98 Å². The third-order valence-corrected chi connectivity index (χ3v) is 5.70. The maximum Gasteiger partial charge on any atom is 0.224 e. The Kier molecular flexibility index (Phi) is 7.81. The van der Waals surface area contributed by atoms with Gasteiger partial charge in [-0.05, 0) is 44.9 Å². The van der Waals surface area contributed by atoms with Crippen molar-refractivity contribution in [1.29, 1.82) is 0 Å². The van der Waals surface area contributed by atoms with Crippen molar-refractivity contribution in [3.8, 4) is 5.75 Å². The number of aromatic nitrogens is 2. The Balaban J connectivity index is 1.36. The zero-order chi connectivity index (χ0) is 20.8. The van der Waals surface area contributed by atoms with Gasteiger partial charge in [-0.15, -0.1) is 0 Å². The van der Waals surface area contributed by atoms with E-state index in [4.69, 9.17) is 27.9 Å². The molecule has 1 aliphatic rings. The summed E-state index contributed by atoms with van der Waals surface area (Å²) in [4.78, 5) is 13.5. The predicted octanol–water partition coefficient (Wildman–Crippen LogP) is 4.50. The van der Waals surface area contributed by atoms with Crippen LogP contribution in [0.2, 0.25) is 10.0 Å². The molecule has 0 radical (unpaired) electrons. The quantitative estimate of drug-likeness (QED) is 0.613. The van der Waals surface area contributed by atoms with Gasteiger partial charge in [0.05, 0.1) is 10.0 Å². The topological polar surface area (TPSA) is 53.5 Å². The second-order valence-electron chi connectivity index (χ2n) is 7.60. The Labute approximate surface area is 183 Å². The number of aryl methyl sites for hydroxylation is 1. The summed E-state index contributed by atoms with van der Waals surface area (Å²) in [6.07, 6.45) is 3.31. The Morgan fingerprint density at radius 1 is 1.14 bits per heavy atom. The van der Waals surface area contributed by atoms with E-state index in [1.54, 1.807) is 12.1 Å². The fraction of sp³-hybridized carbons (Fsp3) is 0.524. The highest BCUT2D eigenvalue weighted by Gasteiger charge is 2.20. The normalized spacial score (nSPS) is 15.3. The molecule has 8 heteroatoms. The Hall–Kier alpha value is -1.76. The zero-order valence-electron chi connectivity index (χ0n) is 17.3. The van der Waals surface area contributed by atoms with Crippen molar-refractivity contribution < 1.29 is 4.74 Å². The van der Waals surface area contributed by atoms with Crippen LogP contribution < -0.4 is 15.0 Å². The van der Waals surface area contributed by atoms with E-state index in [1.165, 1.54) is 0 Å². The lowest BCUT2D eigenvalue weighted by Crippen LogP contribution is -2.39. The molecule has 0 amide bonds. The number of rotatable bonds is 8. The summed E-state index contributed by atoms with van der Waals surface area (Å²) >= 11 is 12.0. The molecule has 1 aromatic carbocycles. The largest absolute Gasteiger partial charge is 0.490 e. The smallest absolute Gasteiger partial charge is 0.224 e. The fourth-order valence-corrected chi connectivity index (χ4v) is 3.64. The summed E-state index contributed by atoms with van der Waals surface area (Å²) in [5.41, 5.74) is 0.968. The minimum atomic E-state index is 0.228. The first-order valence-corrected chi connectivity index (χ1v) is 10.8. The maximum atomic E-state index is 6.07. The molecule has 1 aromatic heterocycles. The summed E-state index contributed by atoms with van der Waals surface area (Å²) < 4.78 is 6.06. The van der Waals surface area contributed by atoms with Gasteiger partial charge in [-0.3, -0.25) is 0 Å². The van der Waals surface area contributed by atoms with Gasteiger partial charge in [-0.1, -0.05) is 23.2 Å². The van der Waals surface area contributed by atoms with E-state index in [9.17, 15) is 0 Å². The van der Waals surface area contributed by atoms with Gasteiger partial charge < -0.3 is 19.9 Å². The zero-order valence-corrected chi connectivity index (χ0v) is 18.8. The second kappa shape index (κ2) is 10.3. The average Bonchev–Trinajstić information content (AvgIpc) is 2.69. The van der Waals surface area contributed by atoms with E-state index in [2.05, 4.69) is 20.2 Å². The summed E-state index contributed by atoms with van der Waals surface area (Å²) in [5.74, 6) is 2.41. The first kappa shape index (κ1) is 21.9. The first-order valence-electron chi connectivity index (χ1n) is 10.0. The molecule has 6 nitrogen and oxygen atoms in total. The number of likely N-dealkylation sites (tertiary alicyclic amines) is 1. The maximum absolute atomic E-state index is 6.07. The molecular weight excluding hydrogens is 409 g/mol. The predicted molar refractivity (Wildman–Crippen MR) is 121 cm³/mol. The lowest BCUT2D eigenvalue weighted by molar-refractivity contribution is 0.100. The van der Waals surface area contributed by atoms with Gasteiger partial charge >= 0.3 is 0 Å². The third kappa shape index (κ3) is 6.63. The van der Waals surface area contributed by atoms with Crippen molar-refractivity contribution in [2.75, 3.05) is 50.5 Å². The number of nitrogens with one attached hydrogen (secondary N) is 1. The van der Waals surface area contributed by atoms with E-state index in [1.807, 2.05) is 38.1 Å². The lowest BCUT2D eigenvalue weighted by atomic mass is 10.1. The van der Waals surface area contributed by atoms with Crippen molar-refractivity contribution >= 4 is 35.0 Å². The molecule has 0 bridgehead atoms. The van der Waals surface area contributed by atoms with E-state index < -0.39 is 0 Å². The van der Waals surface area contributed by atoms with Crippen LogP contribution in [0, 0.1) is 6.92 Å². The number of nitrogens with zero attached hydrogens (tertiary/aromatic N) is 4. The number of hydrogen-bond acceptors (Lipinski definition) is 6. The van der Waals surface area contributed by atoms with Gasteiger partial charge in [0.2, 0.25) is 5.95 Å². The van der Waals surface area contributed by atoms with Crippen molar-refractivity contribution in [2.45, 2.75) is 32.3 Å². The van der Waals surface area contributed by atoms with E-state index in [0.717, 1.165) is 62.7 Å². The van der Waals surface area contributed by atoms with E-state index in [0.29, 0.717) is 16.0 Å². The number of benzene rings is 1. The fourth-order valence-electron chi connectivity index (χ4n) is 3.36. The standard InChI is InChI=1S/C21H29Cl2N5O/c1-15-13-20(27(2)3)26-21(25-15)24-9-4-10-28-11-7-16(8-12-28)29-17-5-6-18(22)19(23)14-17/h5-6,13-14,16H,4,7-12H2,1-3H3,(H,24,25,26). The molecule has 158 valence electrons. The Morgan fingerprint density at radius 3 is 2.59 bits per heavy atom. The van der Waals surface area contributed by atoms with Gasteiger partial charge in [0.15, 0.2) is 0 Å². The van der Waals surface area contributed by atoms with Gasteiger partial charge in [-0.25, -0.2) is 4.98 Å². The molecule has 1 N–H and O–H groups in total. The van der Waals surface area contributed by atoms with E-state index >= 15 is 0 Å². The van der Waals surface area contributed by atoms with Crippen LogP contribution in [0.25, 0.3) is 0 Å². The summed E-state index contributed by atoms with van der Waals surface area (Å²) in [5, 5.41) is 4.43. The summed E-state index contributed by atoms with van der Waals surface area (Å²) in [6.45, 7) is 5.98. The molecular formula is C21H29Cl2N5O. The van der Waals surface area contributed by atoms with E-state index in [-0.39, 0.29) is 6.10 Å². The number of hydrogen-bond donors (Lipinski definition) is 1. The molecule has 29 heavy (non-hydrogen) atoms. The number of anilines is 2. The highest BCUT2D eigenvalue weighted by molar-refractivity contribution is 6.42. The van der Waals surface area contributed by atoms with Crippen LogP contribution in [0.15, 0.2) is 24.3 Å². The highest BCUT2D eigenvalue weighted by Crippen LogP contribution is 2.28. The number of piperidine rings is 1. The third-order valence-electron chi connectivity index (χ3n) is 4.96. The Bertz CT molecular complexity index is 810. The van der Waals surface area contributed by atoms with Crippen molar-refractivity contribution in [1.82, 2.24) is 14.9 Å². The van der Waals surface area contributed by atoms with Crippen LogP contribution in [-0.4, -0.2) is 61.2 Å². The van der Waals surface area contributed by atoms with Crippen molar-refractivity contribution in [2.24, 2.45) is 0 Å². The molecule has 0 spiro atoms. The molecule has 1 aliphatic heterocycles. The van der Waals surface area contributed by atoms with Crippen LogP contribution in [0.1, 0.15) is 25.0 Å². The summed E-state index contributed by atoms with van der Waals surface area (Å²) in [7, 11) is 3.97. The van der Waals surface area contributed by atoms with Gasteiger partial charge in [0.1, 0.15) is 17.7 Å². The number of halogens is 2. The van der Waals surface area contributed by atoms with Gasteiger partial charge in [0.25, 0.3) is 0 Å². The molecule has 1 saturated heterocycles. The van der Waals surface area contributed by atoms with Crippen LogP contribution in [0.3, 0.4) is 0 Å². The van der Waals surface area contributed by atoms with Crippen LogP contribution in [-0.2, 0) is 0 Å². The molecule has 0 saturated carbocycles. The average molecular weight is 438 g/mol. The second-order valence-corrected chi connectivity index (χ2v) is 8.42. The highest BCUT2D eigenvalue weighted by atomic mass is 35.5. The van der Waals surface area contributed by atoms with Crippen molar-refractivity contribution in [3.05, 3.63) is 40.0 Å². The molecule has 0 aliphatic carbocycles. The minimum absolute atomic E-state index is 0.228. The molecule has 0 atom stereocenters. The molecule has 1 fully saturated rings. The SMILES string of the molecule is Cc1cc(N(C)C)nc(NCCCN2CCC(Oc3ccc(Cl)c(Cl)c3)CC2)n1. The molecule has 2 heterocycles. The molecule has 0 unspecified atom stereocenters. The van der Waals surface area contributed by atoms with Crippen LogP contribution in [0.4, 0.5) is 11.8 Å². The number of ether oxygens (including phenoxy) is 1.